The smallest absolute Gasteiger partial charge is 0.0674 e. The van der Waals surface area contributed by atoms with Crippen LogP contribution in [-0.4, -0.2) is 36.7 Å². The molecule has 0 amide bonds. The standard InChI is InChI=1S/C14H24N2O/c1-12-11-16(8-5-9-17-12)14-7-4-2-3-6-13(14)10-15/h12-14H,2-9,11H2,1H3. The molecule has 0 aromatic rings. The van der Waals surface area contributed by atoms with Gasteiger partial charge in [-0.1, -0.05) is 19.3 Å². The summed E-state index contributed by atoms with van der Waals surface area (Å²) < 4.78 is 5.70. The Kier molecular flexibility index (Phi) is 4.82. The Hall–Kier alpha value is -0.590. The van der Waals surface area contributed by atoms with Crippen molar-refractivity contribution in [2.45, 2.75) is 57.6 Å². The summed E-state index contributed by atoms with van der Waals surface area (Å²) in [5.41, 5.74) is 0. The summed E-state index contributed by atoms with van der Waals surface area (Å²) in [5.74, 6) is 0.239. The Bertz CT molecular complexity index is 274. The maximum absolute atomic E-state index is 9.35. The van der Waals surface area contributed by atoms with Crippen molar-refractivity contribution in [2.24, 2.45) is 5.92 Å². The lowest BCUT2D eigenvalue weighted by molar-refractivity contribution is 0.0554. The molecule has 2 rings (SSSR count). The van der Waals surface area contributed by atoms with Crippen molar-refractivity contribution < 1.29 is 4.74 Å². The number of nitrogens with zero attached hydrogens (tertiary/aromatic N) is 2. The van der Waals surface area contributed by atoms with Gasteiger partial charge < -0.3 is 4.74 Å². The first-order valence-electron chi connectivity index (χ1n) is 7.06. The Labute approximate surface area is 105 Å². The van der Waals surface area contributed by atoms with Crippen LogP contribution in [0.3, 0.4) is 0 Å². The van der Waals surface area contributed by atoms with E-state index in [0.717, 1.165) is 32.5 Å². The molecule has 1 saturated heterocycles. The van der Waals surface area contributed by atoms with E-state index < -0.39 is 0 Å². The fourth-order valence-electron chi connectivity index (χ4n) is 3.20. The average Bonchev–Trinajstić information content (AvgIpc) is 2.68. The highest BCUT2D eigenvalue weighted by atomic mass is 16.5. The molecule has 3 nitrogen and oxygen atoms in total. The maximum atomic E-state index is 9.35. The van der Waals surface area contributed by atoms with Crippen LogP contribution < -0.4 is 0 Å². The zero-order valence-electron chi connectivity index (χ0n) is 10.9. The van der Waals surface area contributed by atoms with Crippen LogP contribution in [0.25, 0.3) is 0 Å². The zero-order valence-corrected chi connectivity index (χ0v) is 10.9. The van der Waals surface area contributed by atoms with Crippen molar-refractivity contribution in [2.75, 3.05) is 19.7 Å². The van der Waals surface area contributed by atoms with Crippen molar-refractivity contribution in [1.29, 1.82) is 5.26 Å². The number of hydrogen-bond donors (Lipinski definition) is 0. The van der Waals surface area contributed by atoms with Gasteiger partial charge in [-0.2, -0.15) is 5.26 Å². The topological polar surface area (TPSA) is 36.3 Å². The van der Waals surface area contributed by atoms with Gasteiger partial charge in [0.05, 0.1) is 18.1 Å². The van der Waals surface area contributed by atoms with Crippen molar-refractivity contribution in [3.8, 4) is 6.07 Å². The van der Waals surface area contributed by atoms with E-state index in [1.165, 1.54) is 25.7 Å². The highest BCUT2D eigenvalue weighted by molar-refractivity contribution is 4.95. The summed E-state index contributed by atoms with van der Waals surface area (Å²) in [6.45, 7) is 5.13. The van der Waals surface area contributed by atoms with E-state index in [1.807, 2.05) is 0 Å². The summed E-state index contributed by atoms with van der Waals surface area (Å²) in [4.78, 5) is 2.52. The van der Waals surface area contributed by atoms with Crippen LogP contribution in [0.5, 0.6) is 0 Å². The van der Waals surface area contributed by atoms with Crippen molar-refractivity contribution in [3.05, 3.63) is 0 Å². The van der Waals surface area contributed by atoms with Gasteiger partial charge in [0, 0.05) is 25.7 Å². The zero-order chi connectivity index (χ0) is 12.1. The largest absolute Gasteiger partial charge is 0.377 e. The summed E-state index contributed by atoms with van der Waals surface area (Å²) in [5, 5.41) is 9.35. The molecule has 0 aromatic heterocycles. The fourth-order valence-corrected chi connectivity index (χ4v) is 3.20. The molecule has 1 heterocycles. The van der Waals surface area contributed by atoms with E-state index in [9.17, 15) is 5.26 Å². The summed E-state index contributed by atoms with van der Waals surface area (Å²) in [6.07, 6.45) is 7.54. The molecule has 1 aliphatic heterocycles. The van der Waals surface area contributed by atoms with E-state index in [0.29, 0.717) is 12.1 Å². The average molecular weight is 236 g/mol. The van der Waals surface area contributed by atoms with Gasteiger partial charge in [-0.05, 0) is 26.2 Å². The highest BCUT2D eigenvalue weighted by Crippen LogP contribution is 2.28. The quantitative estimate of drug-likeness (QED) is 0.656. The van der Waals surface area contributed by atoms with Crippen LogP contribution in [0.15, 0.2) is 0 Å². The lowest BCUT2D eigenvalue weighted by Gasteiger charge is -2.33. The monoisotopic (exact) mass is 236 g/mol. The predicted octanol–water partition coefficient (Wildman–Crippen LogP) is 2.57. The molecule has 96 valence electrons. The lowest BCUT2D eigenvalue weighted by Crippen LogP contribution is -2.43. The normalized spacial score (nSPS) is 36.8. The SMILES string of the molecule is CC1CN(C2CCCCCC2C#N)CCCO1. The second-order valence-corrected chi connectivity index (χ2v) is 5.47. The third-order valence-corrected chi connectivity index (χ3v) is 4.10. The first-order chi connectivity index (χ1) is 8.31. The van der Waals surface area contributed by atoms with Gasteiger partial charge in [0.15, 0.2) is 0 Å². The first kappa shape index (κ1) is 12.9. The molecule has 0 spiro atoms. The Morgan fingerprint density at radius 1 is 1.18 bits per heavy atom. The van der Waals surface area contributed by atoms with Crippen LogP contribution in [0.2, 0.25) is 0 Å². The minimum atomic E-state index is 0.239. The van der Waals surface area contributed by atoms with Crippen molar-refractivity contribution in [3.63, 3.8) is 0 Å². The van der Waals surface area contributed by atoms with Gasteiger partial charge in [-0.25, -0.2) is 0 Å². The van der Waals surface area contributed by atoms with Crippen molar-refractivity contribution >= 4 is 0 Å². The van der Waals surface area contributed by atoms with Crippen LogP contribution in [0.1, 0.15) is 45.4 Å². The molecule has 3 unspecified atom stereocenters. The molecular formula is C14H24N2O. The molecule has 3 atom stereocenters. The van der Waals surface area contributed by atoms with Crippen molar-refractivity contribution in [1.82, 2.24) is 4.90 Å². The molecular weight excluding hydrogens is 212 g/mol. The Morgan fingerprint density at radius 2 is 2.00 bits per heavy atom. The van der Waals surface area contributed by atoms with E-state index in [1.54, 1.807) is 0 Å². The van der Waals surface area contributed by atoms with Gasteiger partial charge in [0.2, 0.25) is 0 Å². The lowest BCUT2D eigenvalue weighted by atomic mass is 9.94. The Morgan fingerprint density at radius 3 is 2.82 bits per heavy atom. The van der Waals surface area contributed by atoms with Gasteiger partial charge in [-0.15, -0.1) is 0 Å². The second kappa shape index (κ2) is 6.37. The van der Waals surface area contributed by atoms with Crippen LogP contribution in [0.4, 0.5) is 0 Å². The predicted molar refractivity (Wildman–Crippen MR) is 67.6 cm³/mol. The van der Waals surface area contributed by atoms with E-state index >= 15 is 0 Å². The van der Waals surface area contributed by atoms with Gasteiger partial charge >= 0.3 is 0 Å². The van der Waals surface area contributed by atoms with E-state index in [-0.39, 0.29) is 5.92 Å². The molecule has 0 bridgehead atoms. The molecule has 0 radical (unpaired) electrons. The molecule has 2 fully saturated rings. The van der Waals surface area contributed by atoms with Gasteiger partial charge in [0.25, 0.3) is 0 Å². The van der Waals surface area contributed by atoms with Crippen LogP contribution in [-0.2, 0) is 4.74 Å². The number of rotatable bonds is 1. The summed E-state index contributed by atoms with van der Waals surface area (Å²) in [6, 6.07) is 3.02. The number of nitriles is 1. The van der Waals surface area contributed by atoms with Crippen LogP contribution >= 0.6 is 0 Å². The molecule has 0 aromatic carbocycles. The molecule has 1 saturated carbocycles. The third kappa shape index (κ3) is 3.43. The second-order valence-electron chi connectivity index (χ2n) is 5.47. The minimum absolute atomic E-state index is 0.239. The minimum Gasteiger partial charge on any atom is -0.377 e. The Balaban J connectivity index is 2.03. The molecule has 2 aliphatic rings. The third-order valence-electron chi connectivity index (χ3n) is 4.10. The van der Waals surface area contributed by atoms with E-state index in [2.05, 4.69) is 17.9 Å². The summed E-state index contributed by atoms with van der Waals surface area (Å²) >= 11 is 0. The molecule has 1 aliphatic carbocycles. The fraction of sp³-hybridized carbons (Fsp3) is 0.929. The molecule has 3 heteroatoms. The summed E-state index contributed by atoms with van der Waals surface area (Å²) in [7, 11) is 0. The molecule has 17 heavy (non-hydrogen) atoms. The highest BCUT2D eigenvalue weighted by Gasteiger charge is 2.30. The van der Waals surface area contributed by atoms with Crippen LogP contribution in [0, 0.1) is 17.2 Å². The molecule has 0 N–H and O–H groups in total. The van der Waals surface area contributed by atoms with Gasteiger partial charge in [0.1, 0.15) is 0 Å². The number of hydrogen-bond acceptors (Lipinski definition) is 3. The van der Waals surface area contributed by atoms with Gasteiger partial charge in [-0.3, -0.25) is 4.90 Å². The van der Waals surface area contributed by atoms with E-state index in [4.69, 9.17) is 4.74 Å². The maximum Gasteiger partial charge on any atom is 0.0674 e. The number of ether oxygens (including phenoxy) is 1. The first-order valence-corrected chi connectivity index (χ1v) is 7.06.